The van der Waals surface area contributed by atoms with Gasteiger partial charge < -0.3 is 4.74 Å². The third-order valence-electron chi connectivity index (χ3n) is 3.28. The molecule has 0 radical (unpaired) electrons. The molecule has 3 heteroatoms. The summed E-state index contributed by atoms with van der Waals surface area (Å²) < 4.78 is 5.90. The van der Waals surface area contributed by atoms with E-state index >= 15 is 0 Å². The largest absolute Gasteiger partial charge is 0.373 e. The summed E-state index contributed by atoms with van der Waals surface area (Å²) in [6.07, 6.45) is 9.93. The lowest BCUT2D eigenvalue weighted by molar-refractivity contribution is -0.0884. The van der Waals surface area contributed by atoms with E-state index in [1.54, 1.807) is 0 Å². The summed E-state index contributed by atoms with van der Waals surface area (Å²) in [5, 5.41) is 0. The molecule has 0 saturated heterocycles. The molecule has 3 nitrogen and oxygen atoms in total. The van der Waals surface area contributed by atoms with E-state index < -0.39 is 0 Å². The lowest BCUT2D eigenvalue weighted by Gasteiger charge is -2.43. The lowest BCUT2D eigenvalue weighted by atomic mass is 9.75. The van der Waals surface area contributed by atoms with Gasteiger partial charge in [-0.1, -0.05) is 25.7 Å². The van der Waals surface area contributed by atoms with Crippen molar-refractivity contribution in [3.63, 3.8) is 0 Å². The lowest BCUT2D eigenvalue weighted by Crippen LogP contribution is -2.56. The highest BCUT2D eigenvalue weighted by atomic mass is 16.5. The summed E-state index contributed by atoms with van der Waals surface area (Å²) >= 11 is 0. The van der Waals surface area contributed by atoms with Crippen LogP contribution in [0.2, 0.25) is 0 Å². The van der Waals surface area contributed by atoms with Crippen LogP contribution in [0.25, 0.3) is 0 Å². The minimum Gasteiger partial charge on any atom is -0.373 e. The van der Waals surface area contributed by atoms with Gasteiger partial charge in [0.25, 0.3) is 0 Å². The summed E-state index contributed by atoms with van der Waals surface area (Å²) in [7, 11) is 0. The molecule has 0 aromatic heterocycles. The normalized spacial score (nSPS) is 33.3. The van der Waals surface area contributed by atoms with Crippen LogP contribution in [0.4, 0.5) is 0 Å². The SMILES string of the molecule is C#CC(NN)C1(OCC)CCCC(C)C1. The fourth-order valence-corrected chi connectivity index (χ4v) is 2.66. The van der Waals surface area contributed by atoms with Crippen molar-refractivity contribution in [2.24, 2.45) is 11.8 Å². The Hall–Kier alpha value is -0.560. The van der Waals surface area contributed by atoms with Crippen LogP contribution in [0.1, 0.15) is 39.5 Å². The molecule has 0 aliphatic heterocycles. The van der Waals surface area contributed by atoms with Gasteiger partial charge in [0.05, 0.1) is 5.60 Å². The van der Waals surface area contributed by atoms with Crippen LogP contribution in [-0.2, 0) is 4.74 Å². The van der Waals surface area contributed by atoms with E-state index in [0.717, 1.165) is 12.8 Å². The number of nitrogens with one attached hydrogen (secondary N) is 1. The molecule has 1 aliphatic carbocycles. The van der Waals surface area contributed by atoms with Gasteiger partial charge in [-0.3, -0.25) is 5.84 Å². The zero-order chi connectivity index (χ0) is 11.3. The molecule has 0 bridgehead atoms. The molecule has 0 aromatic carbocycles. The molecule has 1 aliphatic rings. The molecule has 1 saturated carbocycles. The summed E-state index contributed by atoms with van der Waals surface area (Å²) in [6, 6.07) is -0.180. The molecular weight excluding hydrogens is 188 g/mol. The number of nitrogens with two attached hydrogens (primary N) is 1. The van der Waals surface area contributed by atoms with Crippen molar-refractivity contribution in [3.05, 3.63) is 0 Å². The predicted octanol–water partition coefficient (Wildman–Crippen LogP) is 1.44. The molecule has 0 spiro atoms. The monoisotopic (exact) mass is 210 g/mol. The Morgan fingerprint density at radius 2 is 2.47 bits per heavy atom. The Bertz CT molecular complexity index is 232. The molecule has 1 fully saturated rings. The molecule has 15 heavy (non-hydrogen) atoms. The van der Waals surface area contributed by atoms with Gasteiger partial charge in [-0.2, -0.15) is 0 Å². The van der Waals surface area contributed by atoms with Crippen molar-refractivity contribution < 1.29 is 4.74 Å². The Labute approximate surface area is 92.7 Å². The molecule has 1 rings (SSSR count). The van der Waals surface area contributed by atoms with E-state index in [2.05, 4.69) is 18.3 Å². The summed E-state index contributed by atoms with van der Waals surface area (Å²) in [5.74, 6) is 8.87. The molecule has 0 amide bonds. The van der Waals surface area contributed by atoms with Crippen LogP contribution in [0.5, 0.6) is 0 Å². The minimum absolute atomic E-state index is 0.180. The van der Waals surface area contributed by atoms with Crippen molar-refractivity contribution in [2.75, 3.05) is 6.61 Å². The maximum atomic E-state index is 5.90. The number of hydrazine groups is 1. The average Bonchev–Trinajstić information content (AvgIpc) is 2.19. The Morgan fingerprint density at radius 1 is 1.73 bits per heavy atom. The topological polar surface area (TPSA) is 47.3 Å². The third-order valence-corrected chi connectivity index (χ3v) is 3.28. The van der Waals surface area contributed by atoms with Gasteiger partial charge >= 0.3 is 0 Å². The highest BCUT2D eigenvalue weighted by Gasteiger charge is 2.41. The number of hydrogen-bond acceptors (Lipinski definition) is 3. The maximum Gasteiger partial charge on any atom is 0.110 e. The van der Waals surface area contributed by atoms with Crippen LogP contribution < -0.4 is 11.3 Å². The van der Waals surface area contributed by atoms with Crippen molar-refractivity contribution in [1.82, 2.24) is 5.43 Å². The Morgan fingerprint density at radius 3 is 2.93 bits per heavy atom. The second kappa shape index (κ2) is 5.50. The zero-order valence-corrected chi connectivity index (χ0v) is 9.75. The first kappa shape index (κ1) is 12.5. The van der Waals surface area contributed by atoms with Gasteiger partial charge in [0.2, 0.25) is 0 Å². The van der Waals surface area contributed by atoms with Crippen LogP contribution in [0.15, 0.2) is 0 Å². The van der Waals surface area contributed by atoms with Gasteiger partial charge in [-0.15, -0.1) is 6.42 Å². The molecular formula is C12H22N2O. The van der Waals surface area contributed by atoms with Gasteiger partial charge in [-0.05, 0) is 25.7 Å². The molecule has 86 valence electrons. The molecule has 0 aromatic rings. The van der Waals surface area contributed by atoms with Crippen LogP contribution in [-0.4, -0.2) is 18.2 Å². The quantitative estimate of drug-likeness (QED) is 0.419. The number of terminal acetylenes is 1. The van der Waals surface area contributed by atoms with Crippen molar-refractivity contribution in [3.8, 4) is 12.3 Å². The molecule has 0 heterocycles. The summed E-state index contributed by atoms with van der Waals surface area (Å²) in [4.78, 5) is 0. The number of hydrogen-bond donors (Lipinski definition) is 2. The zero-order valence-electron chi connectivity index (χ0n) is 9.75. The van der Waals surface area contributed by atoms with E-state index in [1.807, 2.05) is 6.92 Å². The predicted molar refractivity (Wildman–Crippen MR) is 61.9 cm³/mol. The van der Waals surface area contributed by atoms with E-state index in [4.69, 9.17) is 17.0 Å². The van der Waals surface area contributed by atoms with Crippen LogP contribution >= 0.6 is 0 Å². The van der Waals surface area contributed by atoms with E-state index in [9.17, 15) is 0 Å². The molecule has 3 unspecified atom stereocenters. The van der Waals surface area contributed by atoms with E-state index in [1.165, 1.54) is 12.8 Å². The second-order valence-electron chi connectivity index (χ2n) is 4.47. The number of ether oxygens (including phenoxy) is 1. The standard InChI is InChI=1S/C12H22N2O/c1-4-11(14-13)12(15-5-2)8-6-7-10(3)9-12/h1,10-11,14H,5-9,13H2,2-3H3. The fourth-order valence-electron chi connectivity index (χ4n) is 2.66. The van der Waals surface area contributed by atoms with Crippen molar-refractivity contribution in [1.29, 1.82) is 0 Å². The summed E-state index contributed by atoms with van der Waals surface area (Å²) in [5.41, 5.74) is 2.45. The first-order valence-corrected chi connectivity index (χ1v) is 5.74. The van der Waals surface area contributed by atoms with Crippen LogP contribution in [0.3, 0.4) is 0 Å². The second-order valence-corrected chi connectivity index (χ2v) is 4.47. The highest BCUT2D eigenvalue weighted by Crippen LogP contribution is 2.37. The Kier molecular flexibility index (Phi) is 4.59. The van der Waals surface area contributed by atoms with Crippen LogP contribution in [0, 0.1) is 18.3 Å². The van der Waals surface area contributed by atoms with Crippen molar-refractivity contribution in [2.45, 2.75) is 51.2 Å². The summed E-state index contributed by atoms with van der Waals surface area (Å²) in [6.45, 7) is 4.94. The average molecular weight is 210 g/mol. The fraction of sp³-hybridized carbons (Fsp3) is 0.833. The van der Waals surface area contributed by atoms with Crippen molar-refractivity contribution >= 4 is 0 Å². The Balaban J connectivity index is 2.81. The molecule has 3 atom stereocenters. The first-order chi connectivity index (χ1) is 7.18. The van der Waals surface area contributed by atoms with E-state index in [-0.39, 0.29) is 11.6 Å². The third kappa shape index (κ3) is 2.72. The van der Waals surface area contributed by atoms with Gasteiger partial charge in [-0.25, -0.2) is 5.43 Å². The minimum atomic E-state index is -0.254. The van der Waals surface area contributed by atoms with Gasteiger partial charge in [0.1, 0.15) is 6.04 Å². The van der Waals surface area contributed by atoms with Gasteiger partial charge in [0.15, 0.2) is 0 Å². The number of rotatable bonds is 4. The maximum absolute atomic E-state index is 5.90. The van der Waals surface area contributed by atoms with Gasteiger partial charge in [0, 0.05) is 6.61 Å². The smallest absolute Gasteiger partial charge is 0.110 e. The van der Waals surface area contributed by atoms with E-state index in [0.29, 0.717) is 12.5 Å². The molecule has 3 N–H and O–H groups in total. The highest BCUT2D eigenvalue weighted by molar-refractivity contribution is 5.11. The first-order valence-electron chi connectivity index (χ1n) is 5.74.